The number of methoxy groups -OCH3 is 1. The van der Waals surface area contributed by atoms with Crippen molar-refractivity contribution < 1.29 is 14.3 Å². The average Bonchev–Trinajstić information content (AvgIpc) is 2.61. The fourth-order valence-corrected chi connectivity index (χ4v) is 2.83. The van der Waals surface area contributed by atoms with E-state index < -0.39 is 0 Å². The van der Waals surface area contributed by atoms with Gasteiger partial charge in [-0.25, -0.2) is 0 Å². The third-order valence-corrected chi connectivity index (χ3v) is 4.24. The van der Waals surface area contributed by atoms with Gasteiger partial charge in [0.15, 0.2) is 0 Å². The van der Waals surface area contributed by atoms with E-state index in [1.54, 1.807) is 7.11 Å². The molecule has 1 saturated heterocycles. The first-order valence-electron chi connectivity index (χ1n) is 8.19. The lowest BCUT2D eigenvalue weighted by Crippen LogP contribution is -2.46. The Balaban J connectivity index is 1.72. The van der Waals surface area contributed by atoms with Crippen molar-refractivity contribution in [2.24, 2.45) is 0 Å². The number of rotatable bonds is 6. The van der Waals surface area contributed by atoms with Gasteiger partial charge in [-0.2, -0.15) is 5.26 Å². The lowest BCUT2D eigenvalue weighted by molar-refractivity contribution is -0.132. The van der Waals surface area contributed by atoms with Gasteiger partial charge in [0.25, 0.3) is 0 Å². The topological polar surface area (TPSA) is 82.4 Å². The average molecular weight is 329 g/mol. The molecule has 0 saturated carbocycles. The minimum Gasteiger partial charge on any atom is -0.497 e. The zero-order chi connectivity index (χ0) is 17.4. The number of carbonyl (C=O) groups is 2. The van der Waals surface area contributed by atoms with E-state index in [9.17, 15) is 9.59 Å². The van der Waals surface area contributed by atoms with Crippen molar-refractivity contribution in [2.75, 3.05) is 20.2 Å². The molecule has 1 aliphatic rings. The summed E-state index contributed by atoms with van der Waals surface area (Å²) in [6.07, 6.45) is 2.57. The molecule has 0 bridgehead atoms. The van der Waals surface area contributed by atoms with Crippen molar-refractivity contribution in [1.82, 2.24) is 10.2 Å². The van der Waals surface area contributed by atoms with E-state index in [4.69, 9.17) is 10.00 Å². The summed E-state index contributed by atoms with van der Waals surface area (Å²) in [6.45, 7) is 1.30. The highest BCUT2D eigenvalue weighted by molar-refractivity contribution is 5.78. The quantitative estimate of drug-likeness (QED) is 0.860. The Bertz CT molecular complexity index is 599. The van der Waals surface area contributed by atoms with Crippen LogP contribution in [-0.4, -0.2) is 43.0 Å². The molecule has 1 aromatic rings. The van der Waals surface area contributed by atoms with E-state index >= 15 is 0 Å². The Labute approximate surface area is 142 Å². The Kier molecular flexibility index (Phi) is 6.62. The van der Waals surface area contributed by atoms with Gasteiger partial charge in [0, 0.05) is 25.6 Å². The maximum atomic E-state index is 12.3. The van der Waals surface area contributed by atoms with E-state index in [1.165, 1.54) is 0 Å². The smallest absolute Gasteiger partial charge is 0.234 e. The van der Waals surface area contributed by atoms with Gasteiger partial charge in [0.05, 0.1) is 13.2 Å². The largest absolute Gasteiger partial charge is 0.497 e. The molecular weight excluding hydrogens is 306 g/mol. The van der Waals surface area contributed by atoms with Gasteiger partial charge in [-0.3, -0.25) is 9.59 Å². The Morgan fingerprint density at radius 3 is 2.54 bits per heavy atom. The van der Waals surface area contributed by atoms with Crippen LogP contribution in [-0.2, 0) is 16.0 Å². The SMILES string of the molecule is COc1ccc(CCC(=O)N2CCC(NC(=O)CC#N)CC2)cc1. The Morgan fingerprint density at radius 2 is 1.96 bits per heavy atom. The van der Waals surface area contributed by atoms with Crippen LogP contribution in [0.1, 0.15) is 31.2 Å². The highest BCUT2D eigenvalue weighted by Gasteiger charge is 2.23. The van der Waals surface area contributed by atoms with Crippen LogP contribution in [0, 0.1) is 11.3 Å². The summed E-state index contributed by atoms with van der Waals surface area (Å²) in [5, 5.41) is 11.3. The van der Waals surface area contributed by atoms with Gasteiger partial charge < -0.3 is 15.0 Å². The highest BCUT2D eigenvalue weighted by atomic mass is 16.5. The molecule has 1 aromatic carbocycles. The summed E-state index contributed by atoms with van der Waals surface area (Å²) in [5.41, 5.74) is 1.11. The Morgan fingerprint density at radius 1 is 1.29 bits per heavy atom. The summed E-state index contributed by atoms with van der Waals surface area (Å²) < 4.78 is 5.12. The zero-order valence-electron chi connectivity index (χ0n) is 14.0. The van der Waals surface area contributed by atoms with E-state index in [1.807, 2.05) is 35.2 Å². The molecule has 24 heavy (non-hydrogen) atoms. The minimum atomic E-state index is -0.234. The number of nitriles is 1. The number of piperidine rings is 1. The second kappa shape index (κ2) is 8.92. The molecule has 1 aliphatic heterocycles. The number of ether oxygens (including phenoxy) is 1. The number of likely N-dealkylation sites (tertiary alicyclic amines) is 1. The maximum Gasteiger partial charge on any atom is 0.234 e. The summed E-state index contributed by atoms with van der Waals surface area (Å²) >= 11 is 0. The summed E-state index contributed by atoms with van der Waals surface area (Å²) in [5.74, 6) is 0.722. The molecule has 2 rings (SSSR count). The van der Waals surface area contributed by atoms with Crippen molar-refractivity contribution >= 4 is 11.8 Å². The van der Waals surface area contributed by atoms with Crippen molar-refractivity contribution in [3.05, 3.63) is 29.8 Å². The third kappa shape index (κ3) is 5.27. The summed E-state index contributed by atoms with van der Waals surface area (Å²) in [6, 6.07) is 9.65. The molecular formula is C18H23N3O3. The number of amides is 2. The lowest BCUT2D eigenvalue weighted by atomic mass is 10.0. The normalized spacial score (nSPS) is 14.8. The molecule has 0 atom stereocenters. The maximum absolute atomic E-state index is 12.3. The number of hydrogen-bond donors (Lipinski definition) is 1. The molecule has 1 N–H and O–H groups in total. The van der Waals surface area contributed by atoms with Crippen molar-refractivity contribution in [3.63, 3.8) is 0 Å². The molecule has 1 heterocycles. The molecule has 0 unspecified atom stereocenters. The first-order valence-corrected chi connectivity index (χ1v) is 8.19. The number of nitrogens with zero attached hydrogens (tertiary/aromatic N) is 2. The van der Waals surface area contributed by atoms with Gasteiger partial charge in [-0.1, -0.05) is 12.1 Å². The van der Waals surface area contributed by atoms with E-state index in [0.717, 1.165) is 24.2 Å². The van der Waals surface area contributed by atoms with Crippen LogP contribution in [0.3, 0.4) is 0 Å². The minimum absolute atomic E-state index is 0.0662. The van der Waals surface area contributed by atoms with E-state index in [2.05, 4.69) is 5.32 Å². The number of hydrogen-bond acceptors (Lipinski definition) is 4. The van der Waals surface area contributed by atoms with Crippen molar-refractivity contribution in [2.45, 2.75) is 38.1 Å². The van der Waals surface area contributed by atoms with Crippen LogP contribution in [0.15, 0.2) is 24.3 Å². The fraction of sp³-hybridized carbons (Fsp3) is 0.500. The van der Waals surface area contributed by atoms with Gasteiger partial charge in [-0.05, 0) is 37.0 Å². The molecule has 0 aromatic heterocycles. The second-order valence-corrected chi connectivity index (χ2v) is 5.91. The predicted molar refractivity (Wildman–Crippen MR) is 89.3 cm³/mol. The first kappa shape index (κ1) is 17.8. The van der Waals surface area contributed by atoms with Crippen LogP contribution in [0.2, 0.25) is 0 Å². The molecule has 0 aliphatic carbocycles. The molecule has 6 heteroatoms. The zero-order valence-corrected chi connectivity index (χ0v) is 14.0. The summed E-state index contributed by atoms with van der Waals surface area (Å²) in [4.78, 5) is 25.6. The van der Waals surface area contributed by atoms with Gasteiger partial charge in [-0.15, -0.1) is 0 Å². The van der Waals surface area contributed by atoms with E-state index in [0.29, 0.717) is 25.9 Å². The monoisotopic (exact) mass is 329 g/mol. The standard InChI is InChI=1S/C18H23N3O3/c1-24-16-5-2-14(3-6-16)4-7-18(23)21-12-9-15(10-13-21)20-17(22)8-11-19/h2-3,5-6,15H,4,7-10,12-13H2,1H3,(H,20,22). The first-order chi connectivity index (χ1) is 11.6. The fourth-order valence-electron chi connectivity index (χ4n) is 2.83. The van der Waals surface area contributed by atoms with E-state index in [-0.39, 0.29) is 24.3 Å². The molecule has 0 spiro atoms. The van der Waals surface area contributed by atoms with Crippen LogP contribution in [0.4, 0.5) is 0 Å². The van der Waals surface area contributed by atoms with Crippen molar-refractivity contribution in [1.29, 1.82) is 5.26 Å². The molecule has 128 valence electrons. The highest BCUT2D eigenvalue weighted by Crippen LogP contribution is 2.15. The number of aryl methyl sites for hydroxylation is 1. The molecule has 1 fully saturated rings. The number of nitrogens with one attached hydrogen (secondary N) is 1. The molecule has 0 radical (unpaired) electrons. The second-order valence-electron chi connectivity index (χ2n) is 5.91. The van der Waals surface area contributed by atoms with Gasteiger partial charge in [0.1, 0.15) is 12.2 Å². The number of carbonyl (C=O) groups excluding carboxylic acids is 2. The van der Waals surface area contributed by atoms with Gasteiger partial charge >= 0.3 is 0 Å². The Hall–Kier alpha value is -2.55. The summed E-state index contributed by atoms with van der Waals surface area (Å²) in [7, 11) is 1.63. The van der Waals surface area contributed by atoms with Crippen LogP contribution in [0.5, 0.6) is 5.75 Å². The van der Waals surface area contributed by atoms with Crippen LogP contribution < -0.4 is 10.1 Å². The van der Waals surface area contributed by atoms with Gasteiger partial charge in [0.2, 0.25) is 11.8 Å². The lowest BCUT2D eigenvalue weighted by Gasteiger charge is -2.32. The third-order valence-electron chi connectivity index (χ3n) is 4.24. The predicted octanol–water partition coefficient (Wildman–Crippen LogP) is 1.65. The molecule has 6 nitrogen and oxygen atoms in total. The van der Waals surface area contributed by atoms with Crippen LogP contribution >= 0.6 is 0 Å². The van der Waals surface area contributed by atoms with Crippen molar-refractivity contribution in [3.8, 4) is 11.8 Å². The number of benzene rings is 1. The van der Waals surface area contributed by atoms with Crippen LogP contribution in [0.25, 0.3) is 0 Å². The molecule has 2 amide bonds.